The van der Waals surface area contributed by atoms with E-state index in [0.29, 0.717) is 0 Å². The van der Waals surface area contributed by atoms with E-state index in [1.165, 1.54) is 5.56 Å². The molecule has 0 spiro atoms. The van der Waals surface area contributed by atoms with Crippen molar-refractivity contribution in [2.45, 2.75) is 19.0 Å². The molecular weight excluding hydrogens is 310 g/mol. The summed E-state index contributed by atoms with van der Waals surface area (Å²) in [6, 6.07) is 20.4. The maximum atomic E-state index is 6.01. The number of hydrogen-bond acceptors (Lipinski definition) is 4. The molecule has 3 N–H and O–H groups in total. The lowest BCUT2D eigenvalue weighted by molar-refractivity contribution is 0.414. The number of nitrogens with one attached hydrogen (secondary N) is 1. The minimum absolute atomic E-state index is 0.0255. The number of hydrogen-bond donors (Lipinski definition) is 2. The van der Waals surface area contributed by atoms with Crippen LogP contribution in [0.4, 0.5) is 5.69 Å². The van der Waals surface area contributed by atoms with E-state index in [4.69, 9.17) is 10.5 Å². The number of benzene rings is 2. The molecule has 0 saturated heterocycles. The Kier molecular flexibility index (Phi) is 5.31. The molecule has 1 aromatic heterocycles. The zero-order valence-corrected chi connectivity index (χ0v) is 14.5. The molecule has 2 atom stereocenters. The highest BCUT2D eigenvalue weighted by atomic mass is 16.5. The number of anilines is 1. The van der Waals surface area contributed by atoms with Crippen LogP contribution in [0.15, 0.2) is 73.1 Å². The van der Waals surface area contributed by atoms with Crippen LogP contribution in [0.3, 0.4) is 0 Å². The Morgan fingerprint density at radius 2 is 1.64 bits per heavy atom. The van der Waals surface area contributed by atoms with E-state index >= 15 is 0 Å². The quantitative estimate of drug-likeness (QED) is 0.666. The number of aromatic nitrogens is 1. The Morgan fingerprint density at radius 3 is 2.28 bits per heavy atom. The summed E-state index contributed by atoms with van der Waals surface area (Å²) in [5, 5.41) is 3.71. The predicted molar refractivity (Wildman–Crippen MR) is 101 cm³/mol. The van der Waals surface area contributed by atoms with Gasteiger partial charge in [-0.3, -0.25) is 10.3 Å². The first kappa shape index (κ1) is 17.0. The van der Waals surface area contributed by atoms with Crippen LogP contribution in [0.25, 0.3) is 0 Å². The highest BCUT2D eigenvalue weighted by molar-refractivity contribution is 5.45. The fourth-order valence-corrected chi connectivity index (χ4v) is 2.92. The van der Waals surface area contributed by atoms with Crippen molar-refractivity contribution >= 4 is 5.69 Å². The third-order valence-corrected chi connectivity index (χ3v) is 4.32. The second kappa shape index (κ2) is 7.81. The molecule has 0 fully saturated rings. The summed E-state index contributed by atoms with van der Waals surface area (Å²) in [5.41, 5.74) is 10.2. The molecule has 0 amide bonds. The first-order chi connectivity index (χ1) is 12.2. The lowest BCUT2D eigenvalue weighted by Gasteiger charge is -2.25. The van der Waals surface area contributed by atoms with Crippen LogP contribution in [-0.2, 0) is 0 Å². The van der Waals surface area contributed by atoms with Crippen LogP contribution in [0, 0.1) is 0 Å². The van der Waals surface area contributed by atoms with E-state index in [1.807, 2.05) is 54.9 Å². The minimum atomic E-state index is 0.0255. The molecule has 0 bridgehead atoms. The number of nitrogens with two attached hydrogens (primary N) is 1. The fraction of sp³-hybridized carbons (Fsp3) is 0.190. The highest BCUT2D eigenvalue weighted by Crippen LogP contribution is 2.28. The molecule has 0 radical (unpaired) electrons. The molecule has 3 rings (SSSR count). The van der Waals surface area contributed by atoms with Gasteiger partial charge < -0.3 is 10.5 Å². The second-order valence-electron chi connectivity index (χ2n) is 6.05. The molecule has 0 saturated carbocycles. The molecular formula is C21H23N3O. The van der Waals surface area contributed by atoms with Crippen molar-refractivity contribution in [2.75, 3.05) is 12.8 Å². The van der Waals surface area contributed by atoms with Gasteiger partial charge in [0.25, 0.3) is 0 Å². The minimum Gasteiger partial charge on any atom is -0.497 e. The largest absolute Gasteiger partial charge is 0.497 e. The smallest absolute Gasteiger partial charge is 0.118 e. The van der Waals surface area contributed by atoms with Crippen LogP contribution in [0.5, 0.6) is 5.75 Å². The van der Waals surface area contributed by atoms with Gasteiger partial charge in [0, 0.05) is 24.1 Å². The molecule has 3 aromatic rings. The van der Waals surface area contributed by atoms with E-state index in [-0.39, 0.29) is 12.1 Å². The molecule has 0 aliphatic heterocycles. The predicted octanol–water partition coefficient (Wildman–Crippen LogP) is 4.11. The van der Waals surface area contributed by atoms with Crippen molar-refractivity contribution in [3.8, 4) is 5.75 Å². The average Bonchev–Trinajstić information content (AvgIpc) is 2.67. The molecule has 25 heavy (non-hydrogen) atoms. The van der Waals surface area contributed by atoms with Gasteiger partial charge in [-0.05, 0) is 60.0 Å². The summed E-state index contributed by atoms with van der Waals surface area (Å²) in [7, 11) is 1.67. The Morgan fingerprint density at radius 1 is 0.920 bits per heavy atom. The van der Waals surface area contributed by atoms with E-state index in [9.17, 15) is 0 Å². The van der Waals surface area contributed by atoms with Crippen molar-refractivity contribution in [1.29, 1.82) is 0 Å². The molecule has 1 heterocycles. The van der Waals surface area contributed by atoms with Crippen molar-refractivity contribution in [2.24, 2.45) is 0 Å². The summed E-state index contributed by atoms with van der Waals surface area (Å²) in [4.78, 5) is 4.10. The summed E-state index contributed by atoms with van der Waals surface area (Å²) in [6.45, 7) is 2.15. The topological polar surface area (TPSA) is 60.2 Å². The van der Waals surface area contributed by atoms with Gasteiger partial charge in [0.1, 0.15) is 5.75 Å². The number of pyridine rings is 1. The van der Waals surface area contributed by atoms with Gasteiger partial charge in [-0.2, -0.15) is 0 Å². The van der Waals surface area contributed by atoms with E-state index in [2.05, 4.69) is 35.4 Å². The highest BCUT2D eigenvalue weighted by Gasteiger charge is 2.18. The van der Waals surface area contributed by atoms with Gasteiger partial charge in [-0.15, -0.1) is 0 Å². The lowest BCUT2D eigenvalue weighted by atomic mass is 9.96. The Labute approximate surface area is 148 Å². The Hall–Kier alpha value is -2.85. The zero-order valence-electron chi connectivity index (χ0n) is 14.5. The Bertz CT molecular complexity index is 803. The maximum absolute atomic E-state index is 6.01. The third kappa shape index (κ3) is 4.17. The second-order valence-corrected chi connectivity index (χ2v) is 6.05. The van der Waals surface area contributed by atoms with Gasteiger partial charge in [-0.25, -0.2) is 0 Å². The van der Waals surface area contributed by atoms with Crippen LogP contribution < -0.4 is 15.8 Å². The van der Waals surface area contributed by atoms with Gasteiger partial charge in [0.05, 0.1) is 13.2 Å². The van der Waals surface area contributed by atoms with Gasteiger partial charge in [-0.1, -0.05) is 24.3 Å². The zero-order chi connectivity index (χ0) is 17.6. The normalized spacial score (nSPS) is 13.2. The van der Waals surface area contributed by atoms with Crippen LogP contribution in [-0.4, -0.2) is 12.1 Å². The summed E-state index contributed by atoms with van der Waals surface area (Å²) < 4.78 is 5.28. The van der Waals surface area contributed by atoms with E-state index in [1.54, 1.807) is 7.11 Å². The molecule has 2 aromatic carbocycles. The number of rotatable bonds is 6. The summed E-state index contributed by atoms with van der Waals surface area (Å²) in [6.07, 6.45) is 3.63. The fourth-order valence-electron chi connectivity index (χ4n) is 2.92. The van der Waals surface area contributed by atoms with Crippen LogP contribution >= 0.6 is 0 Å². The monoisotopic (exact) mass is 333 g/mol. The summed E-state index contributed by atoms with van der Waals surface area (Å²) in [5.74, 6) is 0.845. The summed E-state index contributed by atoms with van der Waals surface area (Å²) >= 11 is 0. The Balaban J connectivity index is 1.93. The first-order valence-electron chi connectivity index (χ1n) is 8.32. The standard InChI is InChI=1S/C21H23N3O/c1-15(16-10-12-23-13-11-16)24-21(18-4-3-5-19(22)14-18)17-6-8-20(25-2)9-7-17/h3-15,21,24H,22H2,1-2H3. The van der Waals surface area contributed by atoms with Crippen LogP contribution in [0.2, 0.25) is 0 Å². The van der Waals surface area contributed by atoms with Crippen molar-refractivity contribution in [1.82, 2.24) is 10.3 Å². The first-order valence-corrected chi connectivity index (χ1v) is 8.32. The SMILES string of the molecule is COc1ccc(C(NC(C)c2ccncc2)c2cccc(N)c2)cc1. The number of nitrogen functional groups attached to an aromatic ring is 1. The van der Waals surface area contributed by atoms with Gasteiger partial charge >= 0.3 is 0 Å². The molecule has 0 aliphatic rings. The number of nitrogens with zero attached hydrogens (tertiary/aromatic N) is 1. The third-order valence-electron chi connectivity index (χ3n) is 4.32. The molecule has 4 nitrogen and oxygen atoms in total. The van der Waals surface area contributed by atoms with Gasteiger partial charge in [0.2, 0.25) is 0 Å². The molecule has 2 unspecified atom stereocenters. The van der Waals surface area contributed by atoms with E-state index < -0.39 is 0 Å². The molecule has 128 valence electrons. The van der Waals surface area contributed by atoms with Crippen molar-refractivity contribution in [3.63, 3.8) is 0 Å². The van der Waals surface area contributed by atoms with Gasteiger partial charge in [0.15, 0.2) is 0 Å². The van der Waals surface area contributed by atoms with Crippen LogP contribution in [0.1, 0.15) is 35.7 Å². The number of methoxy groups -OCH3 is 1. The lowest BCUT2D eigenvalue weighted by Crippen LogP contribution is -2.25. The molecule has 4 heteroatoms. The van der Waals surface area contributed by atoms with Crippen molar-refractivity contribution in [3.05, 3.63) is 89.7 Å². The average molecular weight is 333 g/mol. The maximum Gasteiger partial charge on any atom is 0.118 e. The number of ether oxygens (including phenoxy) is 1. The van der Waals surface area contributed by atoms with E-state index in [0.717, 1.165) is 22.6 Å². The molecule has 0 aliphatic carbocycles. The van der Waals surface area contributed by atoms with Crippen molar-refractivity contribution < 1.29 is 4.74 Å².